The highest BCUT2D eigenvalue weighted by molar-refractivity contribution is 5.84. The molecule has 1 aliphatic rings. The van der Waals surface area contributed by atoms with Gasteiger partial charge in [0.2, 0.25) is 5.91 Å². The first kappa shape index (κ1) is 14.5. The van der Waals surface area contributed by atoms with Gasteiger partial charge in [0.15, 0.2) is 0 Å². The van der Waals surface area contributed by atoms with Crippen LogP contribution in [0.25, 0.3) is 0 Å². The summed E-state index contributed by atoms with van der Waals surface area (Å²) < 4.78 is 5.35. The smallest absolute Gasteiger partial charge is 0.241 e. The van der Waals surface area contributed by atoms with E-state index in [1.807, 2.05) is 11.8 Å². The van der Waals surface area contributed by atoms with Crippen molar-refractivity contribution in [1.29, 1.82) is 0 Å². The highest BCUT2D eigenvalue weighted by atomic mass is 16.5. The van der Waals surface area contributed by atoms with E-state index in [1.165, 1.54) is 0 Å². The van der Waals surface area contributed by atoms with Gasteiger partial charge in [0, 0.05) is 13.2 Å². The molecule has 1 amide bonds. The van der Waals surface area contributed by atoms with Crippen LogP contribution in [0.15, 0.2) is 0 Å². The fourth-order valence-electron chi connectivity index (χ4n) is 2.25. The summed E-state index contributed by atoms with van der Waals surface area (Å²) >= 11 is 0. The van der Waals surface area contributed by atoms with E-state index in [-0.39, 0.29) is 18.1 Å². The molecule has 0 spiro atoms. The monoisotopic (exact) mass is 242 g/mol. The Morgan fingerprint density at radius 3 is 2.41 bits per heavy atom. The second kappa shape index (κ2) is 6.36. The van der Waals surface area contributed by atoms with E-state index < -0.39 is 0 Å². The predicted octanol–water partition coefficient (Wildman–Crippen LogP) is 1.46. The van der Waals surface area contributed by atoms with Crippen molar-refractivity contribution in [3.05, 3.63) is 0 Å². The minimum Gasteiger partial charge on any atom is -0.380 e. The van der Waals surface area contributed by atoms with Crippen LogP contribution in [0.1, 0.15) is 34.6 Å². The SMILES string of the molecule is CCOCCN1C(=O)C(C(C)C)NC1C(C)C. The van der Waals surface area contributed by atoms with Gasteiger partial charge in [-0.05, 0) is 18.8 Å². The van der Waals surface area contributed by atoms with E-state index in [0.29, 0.717) is 31.6 Å². The minimum absolute atomic E-state index is 0.0379. The second-order valence-electron chi connectivity index (χ2n) is 5.31. The van der Waals surface area contributed by atoms with Gasteiger partial charge in [-0.1, -0.05) is 27.7 Å². The maximum absolute atomic E-state index is 12.3. The molecule has 1 rings (SSSR count). The molecule has 1 aliphatic heterocycles. The highest BCUT2D eigenvalue weighted by Gasteiger charge is 2.40. The molecule has 0 bridgehead atoms. The number of hydrogen-bond acceptors (Lipinski definition) is 3. The zero-order valence-corrected chi connectivity index (χ0v) is 11.7. The van der Waals surface area contributed by atoms with Gasteiger partial charge in [-0.3, -0.25) is 10.1 Å². The van der Waals surface area contributed by atoms with Crippen LogP contribution in [-0.2, 0) is 9.53 Å². The predicted molar refractivity (Wildman–Crippen MR) is 68.6 cm³/mol. The first-order valence-corrected chi connectivity index (χ1v) is 6.63. The summed E-state index contributed by atoms with van der Waals surface area (Å²) in [6, 6.07) is -0.0379. The fraction of sp³-hybridized carbons (Fsp3) is 0.923. The molecular weight excluding hydrogens is 216 g/mol. The third-order valence-electron chi connectivity index (χ3n) is 3.21. The molecule has 0 aliphatic carbocycles. The number of amides is 1. The van der Waals surface area contributed by atoms with Gasteiger partial charge in [0.05, 0.1) is 18.8 Å². The second-order valence-corrected chi connectivity index (χ2v) is 5.31. The van der Waals surface area contributed by atoms with Crippen LogP contribution in [0.3, 0.4) is 0 Å². The van der Waals surface area contributed by atoms with Crippen molar-refractivity contribution < 1.29 is 9.53 Å². The van der Waals surface area contributed by atoms with Crippen LogP contribution in [0.5, 0.6) is 0 Å². The number of rotatable bonds is 6. The van der Waals surface area contributed by atoms with E-state index >= 15 is 0 Å². The first-order chi connectivity index (χ1) is 7.99. The summed E-state index contributed by atoms with van der Waals surface area (Å²) in [6.45, 7) is 12.4. The summed E-state index contributed by atoms with van der Waals surface area (Å²) in [6.07, 6.45) is 0.148. The van der Waals surface area contributed by atoms with Crippen molar-refractivity contribution in [3.8, 4) is 0 Å². The Hall–Kier alpha value is -0.610. The van der Waals surface area contributed by atoms with E-state index in [2.05, 4.69) is 33.0 Å². The summed E-state index contributed by atoms with van der Waals surface area (Å²) in [4.78, 5) is 14.2. The van der Waals surface area contributed by atoms with Crippen LogP contribution in [0.4, 0.5) is 0 Å². The Morgan fingerprint density at radius 1 is 1.29 bits per heavy atom. The molecule has 100 valence electrons. The van der Waals surface area contributed by atoms with Crippen molar-refractivity contribution >= 4 is 5.91 Å². The van der Waals surface area contributed by atoms with Crippen molar-refractivity contribution in [2.24, 2.45) is 11.8 Å². The molecule has 0 aromatic heterocycles. The number of hydrogen-bond donors (Lipinski definition) is 1. The van der Waals surface area contributed by atoms with E-state index in [0.717, 1.165) is 0 Å². The topological polar surface area (TPSA) is 41.6 Å². The Balaban J connectivity index is 2.65. The van der Waals surface area contributed by atoms with Crippen LogP contribution < -0.4 is 5.32 Å². The normalized spacial score (nSPS) is 25.4. The van der Waals surface area contributed by atoms with Crippen LogP contribution in [0, 0.1) is 11.8 Å². The summed E-state index contributed by atoms with van der Waals surface area (Å²) in [5, 5.41) is 3.44. The number of ether oxygens (including phenoxy) is 1. The third kappa shape index (κ3) is 3.42. The van der Waals surface area contributed by atoms with Crippen LogP contribution >= 0.6 is 0 Å². The molecule has 0 aromatic carbocycles. The molecule has 1 N–H and O–H groups in total. The fourth-order valence-corrected chi connectivity index (χ4v) is 2.25. The van der Waals surface area contributed by atoms with Gasteiger partial charge in [0.25, 0.3) is 0 Å². The molecule has 4 heteroatoms. The molecule has 2 unspecified atom stereocenters. The lowest BCUT2D eigenvalue weighted by Gasteiger charge is -2.27. The molecule has 1 saturated heterocycles. The zero-order chi connectivity index (χ0) is 13.0. The zero-order valence-electron chi connectivity index (χ0n) is 11.7. The number of carbonyl (C=O) groups is 1. The maximum atomic E-state index is 12.3. The van der Waals surface area contributed by atoms with Gasteiger partial charge in [-0.25, -0.2) is 0 Å². The minimum atomic E-state index is -0.0379. The molecule has 17 heavy (non-hydrogen) atoms. The third-order valence-corrected chi connectivity index (χ3v) is 3.21. The Labute approximate surface area is 105 Å². The average Bonchev–Trinajstić information content (AvgIpc) is 2.57. The summed E-state index contributed by atoms with van der Waals surface area (Å²) in [5.41, 5.74) is 0. The highest BCUT2D eigenvalue weighted by Crippen LogP contribution is 2.21. The lowest BCUT2D eigenvalue weighted by molar-refractivity contribution is -0.131. The molecule has 0 aromatic rings. The van der Waals surface area contributed by atoms with Crippen LogP contribution in [0.2, 0.25) is 0 Å². The lowest BCUT2D eigenvalue weighted by Crippen LogP contribution is -2.43. The standard InChI is InChI=1S/C13H26N2O2/c1-6-17-8-7-15-12(10(4)5)14-11(9(2)3)13(15)16/h9-12,14H,6-8H2,1-5H3. The van der Waals surface area contributed by atoms with Crippen molar-refractivity contribution in [1.82, 2.24) is 10.2 Å². The van der Waals surface area contributed by atoms with E-state index in [1.54, 1.807) is 0 Å². The Kier molecular flexibility index (Phi) is 5.40. The molecule has 4 nitrogen and oxygen atoms in total. The molecule has 0 radical (unpaired) electrons. The van der Waals surface area contributed by atoms with Crippen LogP contribution in [-0.4, -0.2) is 42.8 Å². The van der Waals surface area contributed by atoms with Crippen molar-refractivity contribution in [3.63, 3.8) is 0 Å². The molecule has 2 atom stereocenters. The Bertz CT molecular complexity index is 254. The number of nitrogens with zero attached hydrogens (tertiary/aromatic N) is 1. The van der Waals surface area contributed by atoms with E-state index in [9.17, 15) is 4.79 Å². The van der Waals surface area contributed by atoms with Crippen molar-refractivity contribution in [2.75, 3.05) is 19.8 Å². The summed E-state index contributed by atoms with van der Waals surface area (Å²) in [7, 11) is 0. The largest absolute Gasteiger partial charge is 0.380 e. The van der Waals surface area contributed by atoms with Gasteiger partial charge in [-0.2, -0.15) is 0 Å². The lowest BCUT2D eigenvalue weighted by atomic mass is 10.1. The van der Waals surface area contributed by atoms with Gasteiger partial charge in [0.1, 0.15) is 0 Å². The number of nitrogens with one attached hydrogen (secondary N) is 1. The van der Waals surface area contributed by atoms with Gasteiger partial charge < -0.3 is 9.64 Å². The maximum Gasteiger partial charge on any atom is 0.241 e. The Morgan fingerprint density at radius 2 is 1.94 bits per heavy atom. The molecule has 1 heterocycles. The van der Waals surface area contributed by atoms with Crippen molar-refractivity contribution in [2.45, 2.75) is 46.8 Å². The average molecular weight is 242 g/mol. The molecular formula is C13H26N2O2. The first-order valence-electron chi connectivity index (χ1n) is 6.63. The summed E-state index contributed by atoms with van der Waals surface area (Å²) in [5.74, 6) is 0.976. The van der Waals surface area contributed by atoms with Gasteiger partial charge >= 0.3 is 0 Å². The van der Waals surface area contributed by atoms with E-state index in [4.69, 9.17) is 4.74 Å². The van der Waals surface area contributed by atoms with Gasteiger partial charge in [-0.15, -0.1) is 0 Å². The molecule has 1 fully saturated rings. The molecule has 0 saturated carbocycles. The quantitative estimate of drug-likeness (QED) is 0.717. The number of carbonyl (C=O) groups excluding carboxylic acids is 1.